The van der Waals surface area contributed by atoms with Crippen LogP contribution in [0.15, 0.2) is 30.5 Å². The van der Waals surface area contributed by atoms with Crippen LogP contribution in [0, 0.1) is 0 Å². The van der Waals surface area contributed by atoms with Crippen LogP contribution in [-0.4, -0.2) is 59.6 Å². The van der Waals surface area contributed by atoms with Crippen LogP contribution in [0.2, 0.25) is 0 Å². The van der Waals surface area contributed by atoms with Crippen molar-refractivity contribution in [2.75, 3.05) is 13.2 Å². The predicted octanol–water partition coefficient (Wildman–Crippen LogP) is 2.48. The minimum absolute atomic E-state index is 0.0219. The van der Waals surface area contributed by atoms with Gasteiger partial charge >= 0.3 is 18.1 Å². The molecule has 2 aliphatic rings. The standard InChI is InChI=1S/C16H18N2O3.C2HF3O2/c19-16(14-7-17-15-4-2-1-3-13(14)15)21-12-5-10-8-20-9-11(6-12)18-10;3-2(4,5)1(6)7/h1-4,7,10-12,17-18H,5-6,8-9H2;(H,6,7)/t10-,11+,12?;. The molecule has 152 valence electrons. The second-order valence-corrected chi connectivity index (χ2v) is 6.65. The molecule has 0 saturated carbocycles. The lowest BCUT2D eigenvalue weighted by atomic mass is 9.94. The molecule has 10 heteroatoms. The highest BCUT2D eigenvalue weighted by Gasteiger charge is 2.38. The normalized spacial score (nSPS) is 24.2. The maximum absolute atomic E-state index is 12.4. The molecule has 0 spiro atoms. The first-order valence-corrected chi connectivity index (χ1v) is 8.65. The fraction of sp³-hybridized carbons (Fsp3) is 0.444. The maximum atomic E-state index is 12.4. The molecule has 3 heterocycles. The number of carboxylic acid groups (broad SMARTS) is 1. The molecule has 2 bridgehead atoms. The number of ether oxygens (including phenoxy) is 2. The zero-order valence-electron chi connectivity index (χ0n) is 14.7. The van der Waals surface area contributed by atoms with Gasteiger partial charge in [0.15, 0.2) is 0 Å². The molecular formula is C18H19F3N2O5. The van der Waals surface area contributed by atoms with Gasteiger partial charge in [0.05, 0.1) is 18.8 Å². The maximum Gasteiger partial charge on any atom is 0.490 e. The molecule has 3 atom stereocenters. The number of hydrogen-bond acceptors (Lipinski definition) is 5. The van der Waals surface area contributed by atoms with E-state index in [1.165, 1.54) is 0 Å². The lowest BCUT2D eigenvalue weighted by Gasteiger charge is -2.39. The molecular weight excluding hydrogens is 381 g/mol. The SMILES string of the molecule is O=C(O)C(F)(F)F.O=C(OC1C[C@H]2COC[C@@H](C1)N2)c1c[nH]c2ccccc12. The van der Waals surface area contributed by atoms with Crippen LogP contribution in [0.3, 0.4) is 0 Å². The Labute approximate surface area is 157 Å². The number of halogens is 3. The number of para-hydroxylation sites is 1. The molecule has 0 radical (unpaired) electrons. The Hall–Kier alpha value is -2.59. The Bertz CT molecular complexity index is 839. The van der Waals surface area contributed by atoms with Crippen LogP contribution in [0.4, 0.5) is 13.2 Å². The molecule has 1 unspecified atom stereocenters. The van der Waals surface area contributed by atoms with Crippen molar-refractivity contribution in [1.82, 2.24) is 10.3 Å². The van der Waals surface area contributed by atoms with Crippen molar-refractivity contribution in [3.63, 3.8) is 0 Å². The zero-order valence-corrected chi connectivity index (χ0v) is 14.7. The smallest absolute Gasteiger partial charge is 0.475 e. The minimum atomic E-state index is -5.08. The van der Waals surface area contributed by atoms with Crippen molar-refractivity contribution < 1.29 is 37.3 Å². The van der Waals surface area contributed by atoms with E-state index in [1.807, 2.05) is 24.3 Å². The summed E-state index contributed by atoms with van der Waals surface area (Å²) in [5, 5.41) is 11.5. The van der Waals surface area contributed by atoms with Crippen molar-refractivity contribution in [1.29, 1.82) is 0 Å². The van der Waals surface area contributed by atoms with E-state index in [0.29, 0.717) is 30.9 Å². The molecule has 2 aromatic rings. The molecule has 1 aromatic heterocycles. The van der Waals surface area contributed by atoms with Crippen LogP contribution < -0.4 is 5.32 Å². The van der Waals surface area contributed by atoms with Crippen molar-refractivity contribution in [3.05, 3.63) is 36.0 Å². The number of aromatic amines is 1. The number of rotatable bonds is 2. The van der Waals surface area contributed by atoms with E-state index >= 15 is 0 Å². The number of fused-ring (bicyclic) bond motifs is 3. The number of aromatic nitrogens is 1. The summed E-state index contributed by atoms with van der Waals surface area (Å²) in [6, 6.07) is 8.38. The number of benzene rings is 1. The molecule has 3 N–H and O–H groups in total. The molecule has 2 saturated heterocycles. The third-order valence-corrected chi connectivity index (χ3v) is 4.53. The molecule has 2 aliphatic heterocycles. The van der Waals surface area contributed by atoms with Crippen LogP contribution in [0.1, 0.15) is 23.2 Å². The second kappa shape index (κ2) is 8.19. The van der Waals surface area contributed by atoms with Gasteiger partial charge in [-0.15, -0.1) is 0 Å². The van der Waals surface area contributed by atoms with E-state index in [0.717, 1.165) is 23.7 Å². The first-order valence-electron chi connectivity index (χ1n) is 8.65. The summed E-state index contributed by atoms with van der Waals surface area (Å²) < 4.78 is 43.0. The summed E-state index contributed by atoms with van der Waals surface area (Å²) in [4.78, 5) is 24.4. The molecule has 0 aliphatic carbocycles. The van der Waals surface area contributed by atoms with Gasteiger partial charge in [-0.25, -0.2) is 9.59 Å². The number of esters is 1. The lowest BCUT2D eigenvalue weighted by Crippen LogP contribution is -2.56. The van der Waals surface area contributed by atoms with Gasteiger partial charge in [0.25, 0.3) is 0 Å². The monoisotopic (exact) mass is 400 g/mol. The van der Waals surface area contributed by atoms with Crippen molar-refractivity contribution in [2.45, 2.75) is 37.2 Å². The quantitative estimate of drug-likeness (QED) is 0.670. The summed E-state index contributed by atoms with van der Waals surface area (Å²) in [7, 11) is 0. The van der Waals surface area contributed by atoms with Crippen molar-refractivity contribution in [2.24, 2.45) is 0 Å². The zero-order chi connectivity index (χ0) is 20.3. The third-order valence-electron chi connectivity index (χ3n) is 4.53. The number of aliphatic carboxylic acids is 1. The summed E-state index contributed by atoms with van der Waals surface area (Å²) in [5.74, 6) is -2.99. The number of H-pyrrole nitrogens is 1. The van der Waals surface area contributed by atoms with Crippen LogP contribution in [0.25, 0.3) is 10.9 Å². The van der Waals surface area contributed by atoms with Gasteiger partial charge in [-0.2, -0.15) is 13.2 Å². The molecule has 4 rings (SSSR count). The fourth-order valence-electron chi connectivity index (χ4n) is 3.34. The van der Waals surface area contributed by atoms with Crippen molar-refractivity contribution in [3.8, 4) is 0 Å². The van der Waals surface area contributed by atoms with E-state index in [4.69, 9.17) is 19.4 Å². The summed E-state index contributed by atoms with van der Waals surface area (Å²) >= 11 is 0. The van der Waals surface area contributed by atoms with Crippen LogP contribution in [0.5, 0.6) is 0 Å². The molecule has 28 heavy (non-hydrogen) atoms. The van der Waals surface area contributed by atoms with Gasteiger partial charge in [-0.05, 0) is 6.07 Å². The molecule has 2 fully saturated rings. The van der Waals surface area contributed by atoms with Crippen LogP contribution in [-0.2, 0) is 14.3 Å². The number of alkyl halides is 3. The van der Waals surface area contributed by atoms with E-state index in [2.05, 4.69) is 10.3 Å². The van der Waals surface area contributed by atoms with E-state index < -0.39 is 12.1 Å². The fourth-order valence-corrected chi connectivity index (χ4v) is 3.34. The Morgan fingerprint density at radius 3 is 2.36 bits per heavy atom. The highest BCUT2D eigenvalue weighted by atomic mass is 19.4. The Kier molecular flexibility index (Phi) is 5.90. The van der Waals surface area contributed by atoms with Crippen molar-refractivity contribution >= 4 is 22.8 Å². The van der Waals surface area contributed by atoms with Gasteiger partial charge < -0.3 is 24.9 Å². The minimum Gasteiger partial charge on any atom is -0.475 e. The van der Waals surface area contributed by atoms with Crippen LogP contribution >= 0.6 is 0 Å². The Morgan fingerprint density at radius 2 is 1.75 bits per heavy atom. The molecule has 0 amide bonds. The summed E-state index contributed by atoms with van der Waals surface area (Å²) in [6.07, 6.45) is -1.72. The van der Waals surface area contributed by atoms with Gasteiger partial charge in [0.1, 0.15) is 6.10 Å². The Morgan fingerprint density at radius 1 is 1.14 bits per heavy atom. The summed E-state index contributed by atoms with van der Waals surface area (Å²) in [5.41, 5.74) is 1.57. The number of nitrogens with one attached hydrogen (secondary N) is 2. The molecule has 1 aromatic carbocycles. The number of hydrogen-bond donors (Lipinski definition) is 3. The molecule has 7 nitrogen and oxygen atoms in total. The van der Waals surface area contributed by atoms with E-state index in [9.17, 15) is 18.0 Å². The number of piperidine rings is 1. The number of carboxylic acids is 1. The van der Waals surface area contributed by atoms with Gasteiger partial charge in [0, 0.05) is 42.0 Å². The van der Waals surface area contributed by atoms with Gasteiger partial charge in [-0.1, -0.05) is 18.2 Å². The van der Waals surface area contributed by atoms with Gasteiger partial charge in [0.2, 0.25) is 0 Å². The first-order chi connectivity index (χ1) is 13.2. The second-order valence-electron chi connectivity index (χ2n) is 6.65. The highest BCUT2D eigenvalue weighted by Crippen LogP contribution is 2.24. The largest absolute Gasteiger partial charge is 0.490 e. The third kappa shape index (κ3) is 4.82. The lowest BCUT2D eigenvalue weighted by molar-refractivity contribution is -0.192. The van der Waals surface area contributed by atoms with E-state index in [1.54, 1.807) is 6.20 Å². The highest BCUT2D eigenvalue weighted by molar-refractivity contribution is 6.04. The first kappa shape index (κ1) is 20.2. The summed E-state index contributed by atoms with van der Waals surface area (Å²) in [6.45, 7) is 1.41. The van der Waals surface area contributed by atoms with E-state index in [-0.39, 0.29) is 12.1 Å². The van der Waals surface area contributed by atoms with Gasteiger partial charge in [-0.3, -0.25) is 0 Å². The number of carbonyl (C=O) groups is 2. The average Bonchev–Trinajstić information content (AvgIpc) is 3.05. The Balaban J connectivity index is 0.000000279. The topological polar surface area (TPSA) is 101 Å². The predicted molar refractivity (Wildman–Crippen MR) is 92.0 cm³/mol. The average molecular weight is 400 g/mol. The number of morpholine rings is 1. The number of carbonyl (C=O) groups excluding carboxylic acids is 1.